The zero-order valence-electron chi connectivity index (χ0n) is 17.2. The van der Waals surface area contributed by atoms with Crippen molar-refractivity contribution in [3.8, 4) is 0 Å². The molecule has 0 amide bonds. The normalized spacial score (nSPS) is 32.0. The summed E-state index contributed by atoms with van der Waals surface area (Å²) >= 11 is 0. The summed E-state index contributed by atoms with van der Waals surface area (Å²) in [6, 6.07) is 2.31. The molecule has 3 atom stereocenters. The van der Waals surface area contributed by atoms with Gasteiger partial charge in [0.15, 0.2) is 0 Å². The van der Waals surface area contributed by atoms with Gasteiger partial charge in [0, 0.05) is 37.8 Å². The Kier molecular flexibility index (Phi) is 5.14. The summed E-state index contributed by atoms with van der Waals surface area (Å²) in [6.45, 7) is 5.37. The van der Waals surface area contributed by atoms with E-state index in [1.807, 2.05) is 0 Å². The highest BCUT2D eigenvalue weighted by Crippen LogP contribution is 2.66. The second-order valence-corrected chi connectivity index (χ2v) is 11.4. The average Bonchev–Trinajstić information content (AvgIpc) is 3.01. The molecule has 0 radical (unpaired) electrons. The summed E-state index contributed by atoms with van der Waals surface area (Å²) in [4.78, 5) is 5.70. The molecule has 0 aromatic carbocycles. The monoisotopic (exact) mass is 447 g/mol. The lowest BCUT2D eigenvalue weighted by Gasteiger charge is -2.42. The summed E-state index contributed by atoms with van der Waals surface area (Å²) in [5, 5.41) is 10.7. The smallest absolute Gasteiger partial charge is 0.392 e. The molecule has 2 heterocycles. The van der Waals surface area contributed by atoms with E-state index in [9.17, 15) is 26.7 Å². The number of sulfonamides is 1. The Balaban J connectivity index is 1.42. The van der Waals surface area contributed by atoms with E-state index in [0.717, 1.165) is 25.1 Å². The lowest BCUT2D eigenvalue weighted by Crippen LogP contribution is -2.53. The van der Waals surface area contributed by atoms with Gasteiger partial charge in [-0.15, -0.1) is 0 Å². The fraction of sp³-hybridized carbons (Fsp3) is 0.750. The maximum atomic E-state index is 13.2. The molecule has 2 saturated carbocycles. The highest BCUT2D eigenvalue weighted by atomic mass is 32.2. The van der Waals surface area contributed by atoms with Gasteiger partial charge in [0.2, 0.25) is 10.0 Å². The van der Waals surface area contributed by atoms with Crippen molar-refractivity contribution in [2.75, 3.05) is 36.8 Å². The number of rotatable bonds is 4. The number of aliphatic hydroxyl groups excluding tert-OH is 1. The fourth-order valence-corrected chi connectivity index (χ4v) is 7.99. The van der Waals surface area contributed by atoms with E-state index in [4.69, 9.17) is 0 Å². The predicted molar refractivity (Wildman–Crippen MR) is 106 cm³/mol. The molecule has 1 aliphatic heterocycles. The van der Waals surface area contributed by atoms with Gasteiger partial charge in [0.25, 0.3) is 0 Å². The van der Waals surface area contributed by atoms with E-state index in [2.05, 4.69) is 18.8 Å². The molecule has 2 bridgehead atoms. The number of aliphatic hydroxyl groups is 1. The summed E-state index contributed by atoms with van der Waals surface area (Å²) < 4.78 is 66.0. The molecular weight excluding hydrogens is 419 g/mol. The van der Waals surface area contributed by atoms with Gasteiger partial charge in [-0.1, -0.05) is 13.8 Å². The summed E-state index contributed by atoms with van der Waals surface area (Å²) in [7, 11) is -3.57. The standard InChI is InChI=1S/C20H28F3N3O3S/c1-18(2)14-5-6-19(18,16(27)11-14)13-30(28,29)26-9-7-25(8-10-26)17-4-3-15(12-24-17)20(21,22)23/h3-4,12,14,16,27H,5-11,13H2,1-2H3/t14-,16?,19+/m0/s1. The molecule has 4 rings (SSSR count). The van der Waals surface area contributed by atoms with E-state index in [1.54, 1.807) is 4.90 Å². The lowest BCUT2D eigenvalue weighted by atomic mass is 9.70. The molecule has 30 heavy (non-hydrogen) atoms. The van der Waals surface area contributed by atoms with Crippen LogP contribution in [0.3, 0.4) is 0 Å². The van der Waals surface area contributed by atoms with Crippen molar-refractivity contribution in [1.82, 2.24) is 9.29 Å². The molecule has 168 valence electrons. The highest BCUT2D eigenvalue weighted by Gasteiger charge is 2.65. The van der Waals surface area contributed by atoms with Gasteiger partial charge in [0.1, 0.15) is 5.82 Å². The fourth-order valence-electron chi connectivity index (χ4n) is 5.73. The Bertz CT molecular complexity index is 896. The van der Waals surface area contributed by atoms with E-state index in [0.29, 0.717) is 31.2 Å². The van der Waals surface area contributed by atoms with Gasteiger partial charge in [-0.2, -0.15) is 17.5 Å². The van der Waals surface area contributed by atoms with Crippen molar-refractivity contribution in [3.63, 3.8) is 0 Å². The van der Waals surface area contributed by atoms with Gasteiger partial charge in [-0.3, -0.25) is 0 Å². The van der Waals surface area contributed by atoms with Crippen LogP contribution in [-0.4, -0.2) is 60.8 Å². The van der Waals surface area contributed by atoms with Gasteiger partial charge < -0.3 is 10.0 Å². The van der Waals surface area contributed by atoms with Crippen molar-refractivity contribution in [2.45, 2.75) is 45.4 Å². The third kappa shape index (κ3) is 3.40. The van der Waals surface area contributed by atoms with Crippen LogP contribution in [0, 0.1) is 16.7 Å². The summed E-state index contributed by atoms with van der Waals surface area (Å²) in [5.41, 5.74) is -1.63. The number of pyridine rings is 1. The first-order valence-electron chi connectivity index (χ1n) is 10.3. The number of alkyl halides is 3. The van der Waals surface area contributed by atoms with Crippen molar-refractivity contribution in [3.05, 3.63) is 23.9 Å². The Morgan fingerprint density at radius 3 is 2.33 bits per heavy atom. The average molecular weight is 448 g/mol. The molecule has 2 aliphatic carbocycles. The Morgan fingerprint density at radius 1 is 1.20 bits per heavy atom. The third-order valence-electron chi connectivity index (χ3n) is 7.86. The SMILES string of the molecule is CC1(C)[C@H]2CC[C@@]1(CS(=O)(=O)N1CCN(c3ccc(C(F)(F)F)cn3)CC1)C(O)C2. The largest absolute Gasteiger partial charge is 0.417 e. The number of nitrogens with zero attached hydrogens (tertiary/aromatic N) is 3. The maximum absolute atomic E-state index is 13.2. The molecule has 1 N–H and O–H groups in total. The number of halogens is 3. The second-order valence-electron chi connectivity index (χ2n) is 9.41. The second kappa shape index (κ2) is 7.06. The minimum Gasteiger partial charge on any atom is -0.392 e. The van der Waals surface area contributed by atoms with Gasteiger partial charge in [0.05, 0.1) is 17.4 Å². The van der Waals surface area contributed by atoms with E-state index in [1.165, 1.54) is 10.4 Å². The molecular formula is C20H28F3N3O3S. The summed E-state index contributed by atoms with van der Waals surface area (Å²) in [6.07, 6.45) is -1.89. The van der Waals surface area contributed by atoms with E-state index in [-0.39, 0.29) is 24.3 Å². The van der Waals surface area contributed by atoms with Crippen molar-refractivity contribution in [2.24, 2.45) is 16.7 Å². The van der Waals surface area contributed by atoms with E-state index >= 15 is 0 Å². The van der Waals surface area contributed by atoms with Crippen molar-refractivity contribution in [1.29, 1.82) is 0 Å². The lowest BCUT2D eigenvalue weighted by molar-refractivity contribution is -0.137. The Labute approximate surface area is 175 Å². The first-order chi connectivity index (χ1) is 13.9. The van der Waals surface area contributed by atoms with Crippen molar-refractivity contribution < 1.29 is 26.7 Å². The molecule has 1 saturated heterocycles. The van der Waals surface area contributed by atoms with E-state index < -0.39 is 33.3 Å². The molecule has 3 fully saturated rings. The first-order valence-corrected chi connectivity index (χ1v) is 11.9. The van der Waals surface area contributed by atoms with Crippen LogP contribution in [0.25, 0.3) is 0 Å². The number of aromatic nitrogens is 1. The van der Waals surface area contributed by atoms with Gasteiger partial charge in [-0.25, -0.2) is 13.4 Å². The number of hydrogen-bond acceptors (Lipinski definition) is 5. The zero-order valence-corrected chi connectivity index (χ0v) is 18.0. The highest BCUT2D eigenvalue weighted by molar-refractivity contribution is 7.89. The third-order valence-corrected chi connectivity index (χ3v) is 9.89. The topological polar surface area (TPSA) is 73.7 Å². The number of hydrogen-bond donors (Lipinski definition) is 1. The van der Waals surface area contributed by atoms with Gasteiger partial charge in [-0.05, 0) is 42.7 Å². The van der Waals surface area contributed by atoms with Crippen LogP contribution >= 0.6 is 0 Å². The quantitative estimate of drug-likeness (QED) is 0.769. The number of piperazine rings is 1. The first kappa shape index (κ1) is 21.8. The van der Waals surface area contributed by atoms with Crippen LogP contribution in [0.1, 0.15) is 38.7 Å². The molecule has 3 aliphatic rings. The minimum atomic E-state index is -4.43. The molecule has 10 heteroatoms. The molecule has 1 aromatic rings. The Hall–Kier alpha value is -1.39. The Morgan fingerprint density at radius 2 is 1.87 bits per heavy atom. The van der Waals surface area contributed by atoms with Crippen LogP contribution in [0.2, 0.25) is 0 Å². The van der Waals surface area contributed by atoms with Crippen LogP contribution in [0.15, 0.2) is 18.3 Å². The van der Waals surface area contributed by atoms with Crippen LogP contribution in [-0.2, 0) is 16.2 Å². The maximum Gasteiger partial charge on any atom is 0.417 e. The molecule has 1 unspecified atom stereocenters. The van der Waals surface area contributed by atoms with Crippen LogP contribution < -0.4 is 4.90 Å². The number of fused-ring (bicyclic) bond motifs is 2. The number of anilines is 1. The molecule has 6 nitrogen and oxygen atoms in total. The predicted octanol–water partition coefficient (Wildman–Crippen LogP) is 2.74. The minimum absolute atomic E-state index is 0.0524. The van der Waals surface area contributed by atoms with Gasteiger partial charge >= 0.3 is 6.18 Å². The van der Waals surface area contributed by atoms with Crippen molar-refractivity contribution >= 4 is 15.8 Å². The zero-order chi connectivity index (χ0) is 21.9. The van der Waals surface area contributed by atoms with Crippen LogP contribution in [0.5, 0.6) is 0 Å². The van der Waals surface area contributed by atoms with Crippen LogP contribution in [0.4, 0.5) is 19.0 Å². The molecule has 1 aromatic heterocycles. The summed E-state index contributed by atoms with van der Waals surface area (Å²) in [5.74, 6) is 0.707. The molecule has 0 spiro atoms.